The van der Waals surface area contributed by atoms with E-state index in [0.29, 0.717) is 25.2 Å². The molecule has 4 atom stereocenters. The average Bonchev–Trinajstić information content (AvgIpc) is 3.12. The van der Waals surface area contributed by atoms with Gasteiger partial charge in [0, 0.05) is 42.6 Å². The Kier molecular flexibility index (Phi) is 6.92. The third-order valence-corrected chi connectivity index (χ3v) is 6.18. The molecule has 2 aromatic carbocycles. The maximum absolute atomic E-state index is 10.6. The van der Waals surface area contributed by atoms with Gasteiger partial charge in [0.05, 0.1) is 13.2 Å². The van der Waals surface area contributed by atoms with E-state index in [0.717, 1.165) is 22.6 Å². The predicted molar refractivity (Wildman–Crippen MR) is 119 cm³/mol. The summed E-state index contributed by atoms with van der Waals surface area (Å²) >= 11 is 0. The summed E-state index contributed by atoms with van der Waals surface area (Å²) in [6.07, 6.45) is 2.54. The molecule has 6 heteroatoms. The molecule has 1 heterocycles. The van der Waals surface area contributed by atoms with Crippen LogP contribution in [0.3, 0.4) is 0 Å². The number of aliphatic hydroxyl groups is 2. The first-order chi connectivity index (χ1) is 15.2. The van der Waals surface area contributed by atoms with Crippen LogP contribution in [0.5, 0.6) is 5.75 Å². The number of aliphatic hydroxyl groups excluding tert-OH is 2. The largest absolute Gasteiger partial charge is 0.497 e. The van der Waals surface area contributed by atoms with Gasteiger partial charge in [-0.05, 0) is 42.5 Å². The van der Waals surface area contributed by atoms with Crippen LogP contribution in [0.4, 0.5) is 0 Å². The van der Waals surface area contributed by atoms with E-state index in [9.17, 15) is 10.2 Å². The van der Waals surface area contributed by atoms with Gasteiger partial charge in [-0.2, -0.15) is 0 Å². The maximum Gasteiger partial charge on any atom is 0.159 e. The molecule has 0 aliphatic heterocycles. The van der Waals surface area contributed by atoms with Crippen molar-refractivity contribution in [3.8, 4) is 17.1 Å². The topological polar surface area (TPSA) is 87.5 Å². The van der Waals surface area contributed by atoms with Crippen LogP contribution in [0.1, 0.15) is 17.7 Å². The number of aromatic nitrogens is 2. The highest BCUT2D eigenvalue weighted by molar-refractivity contribution is 5.54. The van der Waals surface area contributed by atoms with Crippen LogP contribution in [0, 0.1) is 11.8 Å². The van der Waals surface area contributed by atoms with Gasteiger partial charge in [-0.1, -0.05) is 42.5 Å². The maximum atomic E-state index is 10.6. The molecule has 3 aromatic rings. The fourth-order valence-electron chi connectivity index (χ4n) is 4.45. The highest BCUT2D eigenvalue weighted by atomic mass is 16.5. The Hall–Kier alpha value is -2.80. The molecule has 1 saturated carbocycles. The Balaban J connectivity index is 1.48. The molecule has 31 heavy (non-hydrogen) atoms. The number of nitrogens with zero attached hydrogens (tertiary/aromatic N) is 2. The lowest BCUT2D eigenvalue weighted by molar-refractivity contribution is 0.0716. The minimum atomic E-state index is -0.529. The van der Waals surface area contributed by atoms with Crippen LogP contribution in [0.25, 0.3) is 11.4 Å². The summed E-state index contributed by atoms with van der Waals surface area (Å²) in [5.74, 6) is 1.43. The molecular formula is C25H29N3O3. The van der Waals surface area contributed by atoms with Gasteiger partial charge in [0.2, 0.25) is 0 Å². The van der Waals surface area contributed by atoms with Crippen LogP contribution < -0.4 is 10.1 Å². The van der Waals surface area contributed by atoms with Gasteiger partial charge in [-0.3, -0.25) is 0 Å². The first kappa shape index (κ1) is 21.4. The molecule has 1 aliphatic rings. The molecular weight excluding hydrogens is 390 g/mol. The molecule has 4 rings (SSSR count). The monoisotopic (exact) mass is 419 g/mol. The Labute approximate surface area is 183 Å². The Morgan fingerprint density at radius 2 is 1.81 bits per heavy atom. The van der Waals surface area contributed by atoms with Crippen molar-refractivity contribution in [2.24, 2.45) is 11.8 Å². The number of methoxy groups -OCH3 is 1. The lowest BCUT2D eigenvalue weighted by Crippen LogP contribution is -2.36. The summed E-state index contributed by atoms with van der Waals surface area (Å²) in [5, 5.41) is 24.1. The summed E-state index contributed by atoms with van der Waals surface area (Å²) < 4.78 is 5.22. The second-order valence-electron chi connectivity index (χ2n) is 8.09. The Bertz CT molecular complexity index is 965. The van der Waals surface area contributed by atoms with E-state index in [2.05, 4.69) is 10.3 Å². The zero-order valence-electron chi connectivity index (χ0n) is 17.7. The fourth-order valence-corrected chi connectivity index (χ4v) is 4.45. The van der Waals surface area contributed by atoms with Crippen molar-refractivity contribution in [3.63, 3.8) is 0 Å². The predicted octanol–water partition coefficient (Wildman–Crippen LogP) is 2.84. The van der Waals surface area contributed by atoms with E-state index in [1.54, 1.807) is 13.3 Å². The van der Waals surface area contributed by atoms with E-state index >= 15 is 0 Å². The van der Waals surface area contributed by atoms with E-state index in [4.69, 9.17) is 9.72 Å². The van der Waals surface area contributed by atoms with Crippen molar-refractivity contribution >= 4 is 0 Å². The lowest BCUT2D eigenvalue weighted by Gasteiger charge is -2.25. The summed E-state index contributed by atoms with van der Waals surface area (Å²) in [6.45, 7) is 0.651. The molecule has 162 valence electrons. The van der Waals surface area contributed by atoms with Gasteiger partial charge >= 0.3 is 0 Å². The van der Waals surface area contributed by atoms with E-state index < -0.39 is 6.10 Å². The smallest absolute Gasteiger partial charge is 0.159 e. The molecule has 0 radical (unpaired) electrons. The van der Waals surface area contributed by atoms with Crippen molar-refractivity contribution in [3.05, 3.63) is 78.1 Å². The molecule has 1 fully saturated rings. The molecule has 1 aliphatic carbocycles. The minimum Gasteiger partial charge on any atom is -0.497 e. The van der Waals surface area contributed by atoms with E-state index in [1.807, 2.05) is 60.7 Å². The fraction of sp³-hybridized carbons (Fsp3) is 0.360. The third kappa shape index (κ3) is 5.10. The quantitative estimate of drug-likeness (QED) is 0.520. The number of hydrogen-bond acceptors (Lipinski definition) is 6. The van der Waals surface area contributed by atoms with Gasteiger partial charge in [0.1, 0.15) is 5.75 Å². The molecule has 0 unspecified atom stereocenters. The lowest BCUT2D eigenvalue weighted by atomic mass is 9.88. The van der Waals surface area contributed by atoms with Crippen LogP contribution >= 0.6 is 0 Å². The molecule has 1 aromatic heterocycles. The number of hydrogen-bond donors (Lipinski definition) is 3. The van der Waals surface area contributed by atoms with E-state index in [-0.39, 0.29) is 24.5 Å². The van der Waals surface area contributed by atoms with Crippen LogP contribution in [0.15, 0.2) is 66.9 Å². The zero-order chi connectivity index (χ0) is 21.6. The highest BCUT2D eigenvalue weighted by Crippen LogP contribution is 2.35. The van der Waals surface area contributed by atoms with Gasteiger partial charge in [0.25, 0.3) is 0 Å². The van der Waals surface area contributed by atoms with Gasteiger partial charge in [0.15, 0.2) is 5.82 Å². The normalized spacial score (nSPS) is 23.1. The molecule has 6 nitrogen and oxygen atoms in total. The van der Waals surface area contributed by atoms with Crippen LogP contribution in [0.2, 0.25) is 0 Å². The standard InChI is InChI=1S/C25H29N3O3/c1-31-20-9-7-17(8-10-20)15-27-23-14-24(30)22(16-29)21(23)13-19-11-12-26-25(28-19)18-5-3-2-4-6-18/h2-12,21-24,27,29-30H,13-16H2,1H3/t21-,22-,23-,24-/m1/s1. The SMILES string of the molecule is COc1ccc(CN[C@@H]2C[C@@H](O)[C@H](CO)[C@H]2Cc2ccnc(-c3ccccc3)n2)cc1. The van der Waals surface area contributed by atoms with Gasteiger partial charge < -0.3 is 20.3 Å². The summed E-state index contributed by atoms with van der Waals surface area (Å²) in [4.78, 5) is 9.17. The van der Waals surface area contributed by atoms with Crippen molar-refractivity contribution in [1.82, 2.24) is 15.3 Å². The third-order valence-electron chi connectivity index (χ3n) is 6.18. The van der Waals surface area contributed by atoms with Crippen LogP contribution in [-0.4, -0.2) is 46.0 Å². The zero-order valence-corrected chi connectivity index (χ0v) is 17.7. The van der Waals surface area contributed by atoms with Crippen molar-refractivity contribution in [1.29, 1.82) is 0 Å². The summed E-state index contributed by atoms with van der Waals surface area (Å²) in [7, 11) is 1.66. The number of ether oxygens (including phenoxy) is 1. The van der Waals surface area contributed by atoms with Crippen molar-refractivity contribution in [2.45, 2.75) is 31.5 Å². The van der Waals surface area contributed by atoms with Gasteiger partial charge in [-0.15, -0.1) is 0 Å². The molecule has 0 bridgehead atoms. The number of nitrogens with one attached hydrogen (secondary N) is 1. The first-order valence-electron chi connectivity index (χ1n) is 10.7. The Morgan fingerprint density at radius 1 is 1.03 bits per heavy atom. The number of benzene rings is 2. The van der Waals surface area contributed by atoms with Crippen molar-refractivity contribution in [2.75, 3.05) is 13.7 Å². The molecule has 0 amide bonds. The summed E-state index contributed by atoms with van der Waals surface area (Å²) in [5.41, 5.74) is 3.04. The second kappa shape index (κ2) is 10.0. The van der Waals surface area contributed by atoms with Crippen molar-refractivity contribution < 1.29 is 14.9 Å². The average molecular weight is 420 g/mol. The highest BCUT2D eigenvalue weighted by Gasteiger charge is 2.42. The molecule has 0 spiro atoms. The van der Waals surface area contributed by atoms with E-state index in [1.165, 1.54) is 0 Å². The second-order valence-corrected chi connectivity index (χ2v) is 8.09. The van der Waals surface area contributed by atoms with Gasteiger partial charge in [-0.25, -0.2) is 9.97 Å². The minimum absolute atomic E-state index is 0.0385. The summed E-state index contributed by atoms with van der Waals surface area (Å²) in [6, 6.07) is 19.9. The van der Waals surface area contributed by atoms with Crippen LogP contribution in [-0.2, 0) is 13.0 Å². The molecule has 3 N–H and O–H groups in total. The Morgan fingerprint density at radius 3 is 2.52 bits per heavy atom. The molecule has 0 saturated heterocycles. The number of rotatable bonds is 8. The first-order valence-corrected chi connectivity index (χ1v) is 10.7.